The molecular weight excluding hydrogens is 414 g/mol. The zero-order chi connectivity index (χ0) is 9.97. The molecule has 0 aliphatic carbocycles. The van der Waals surface area contributed by atoms with Crippen LogP contribution < -0.4 is 0 Å². The average Bonchev–Trinajstić information content (AvgIpc) is 2.27. The lowest BCUT2D eigenvalue weighted by Crippen LogP contribution is -2.57. The van der Waals surface area contributed by atoms with Crippen LogP contribution in [0, 0.1) is 0 Å². The second-order valence-electron chi connectivity index (χ2n) is 3.22. The smallest absolute Gasteiger partial charge is 0.147 e. The molecule has 0 aromatic heterocycles. The summed E-state index contributed by atoms with van der Waals surface area (Å²) in [5.41, 5.74) is 0. The third-order valence-electron chi connectivity index (χ3n) is 2.45. The molecule has 0 radical (unpaired) electrons. The minimum absolute atomic E-state index is 0.0363. The van der Waals surface area contributed by atoms with Gasteiger partial charge >= 0.3 is 0 Å². The number of hydrogen-bond acceptors (Lipinski definition) is 4. The van der Waals surface area contributed by atoms with Crippen molar-refractivity contribution in [2.45, 2.75) is 24.4 Å². The van der Waals surface area contributed by atoms with E-state index >= 15 is 0 Å². The summed E-state index contributed by atoms with van der Waals surface area (Å²) in [4.78, 5) is 0. The molecule has 0 bridgehead atoms. The molecule has 0 aromatic rings. The number of rotatable bonds is 2. The van der Waals surface area contributed by atoms with Crippen molar-refractivity contribution in [3.05, 3.63) is 0 Å². The Bertz CT molecular complexity index is 172. The van der Waals surface area contributed by atoms with Gasteiger partial charge in [-0.1, -0.05) is 45.2 Å². The average molecular weight is 426 g/mol. The molecule has 0 aromatic carbocycles. The molecule has 0 amide bonds. The van der Waals surface area contributed by atoms with E-state index in [2.05, 4.69) is 45.2 Å². The third-order valence-corrected chi connectivity index (χ3v) is 4.18. The van der Waals surface area contributed by atoms with Crippen LogP contribution in [0.4, 0.5) is 0 Å². The molecule has 2 fully saturated rings. The number of alkyl halides is 2. The van der Waals surface area contributed by atoms with Gasteiger partial charge in [0, 0.05) is 8.86 Å². The van der Waals surface area contributed by atoms with Crippen molar-refractivity contribution in [2.24, 2.45) is 0 Å². The van der Waals surface area contributed by atoms with Gasteiger partial charge in [0.05, 0.1) is 12.2 Å². The van der Waals surface area contributed by atoms with E-state index in [0.29, 0.717) is 13.6 Å². The lowest BCUT2D eigenvalue weighted by atomic mass is 10.0. The van der Waals surface area contributed by atoms with E-state index in [1.165, 1.54) is 0 Å². The van der Waals surface area contributed by atoms with Gasteiger partial charge in [-0.15, -0.1) is 0 Å². The summed E-state index contributed by atoms with van der Waals surface area (Å²) >= 11 is 4.62. The normalized spacial score (nSPS) is 43.3. The molecule has 0 N–H and O–H groups in total. The van der Waals surface area contributed by atoms with E-state index < -0.39 is 0 Å². The van der Waals surface area contributed by atoms with Gasteiger partial charge in [0.25, 0.3) is 0 Å². The molecule has 14 heavy (non-hydrogen) atoms. The van der Waals surface area contributed by atoms with E-state index in [9.17, 15) is 0 Å². The standard InChI is InChI=1S/C8H12I2O4/c9-1-5-7-8(14-3-11-5)6(2-10)12-4-13-7/h5-8H,1-4H2/t5-,6+,7-,8+. The van der Waals surface area contributed by atoms with Crippen LogP contribution in [0.3, 0.4) is 0 Å². The molecule has 2 aliphatic rings. The Morgan fingerprint density at radius 3 is 1.57 bits per heavy atom. The third kappa shape index (κ3) is 2.34. The lowest BCUT2D eigenvalue weighted by Gasteiger charge is -2.43. The summed E-state index contributed by atoms with van der Waals surface area (Å²) in [7, 11) is 0. The Labute approximate surface area is 110 Å². The van der Waals surface area contributed by atoms with E-state index in [1.807, 2.05) is 0 Å². The SMILES string of the molecule is IC[C@@H]1OCO[C@H]2[C@H]1OCO[C@@H]2CI. The second-order valence-corrected chi connectivity index (χ2v) is 4.98. The molecular formula is C8H12I2O4. The van der Waals surface area contributed by atoms with E-state index in [4.69, 9.17) is 18.9 Å². The summed E-state index contributed by atoms with van der Waals surface area (Å²) in [6.45, 7) is 0.712. The fraction of sp³-hybridized carbons (Fsp3) is 1.00. The Kier molecular flexibility index (Phi) is 4.69. The Morgan fingerprint density at radius 1 is 0.786 bits per heavy atom. The van der Waals surface area contributed by atoms with Crippen LogP contribution in [0.25, 0.3) is 0 Å². The number of ether oxygens (including phenoxy) is 4. The lowest BCUT2D eigenvalue weighted by molar-refractivity contribution is -0.314. The maximum absolute atomic E-state index is 5.54. The topological polar surface area (TPSA) is 36.9 Å². The molecule has 4 atom stereocenters. The molecule has 4 nitrogen and oxygen atoms in total. The first-order valence-corrected chi connectivity index (χ1v) is 7.50. The first kappa shape index (κ1) is 11.8. The van der Waals surface area contributed by atoms with Crippen LogP contribution in [-0.4, -0.2) is 46.9 Å². The predicted molar refractivity (Wildman–Crippen MR) is 67.0 cm³/mol. The maximum atomic E-state index is 5.54. The second kappa shape index (κ2) is 5.58. The van der Waals surface area contributed by atoms with Crippen molar-refractivity contribution in [3.8, 4) is 0 Å². The summed E-state index contributed by atoms with van der Waals surface area (Å²) in [5, 5.41) is 0. The van der Waals surface area contributed by atoms with Crippen LogP contribution in [0.15, 0.2) is 0 Å². The summed E-state index contributed by atoms with van der Waals surface area (Å²) in [5.74, 6) is 0. The Morgan fingerprint density at radius 2 is 1.21 bits per heavy atom. The van der Waals surface area contributed by atoms with Gasteiger partial charge in [0.1, 0.15) is 25.8 Å². The van der Waals surface area contributed by atoms with E-state index in [-0.39, 0.29) is 24.4 Å². The number of hydrogen-bond donors (Lipinski definition) is 0. The monoisotopic (exact) mass is 426 g/mol. The van der Waals surface area contributed by atoms with Crippen molar-refractivity contribution in [1.82, 2.24) is 0 Å². The van der Waals surface area contributed by atoms with Crippen LogP contribution in [0.2, 0.25) is 0 Å². The van der Waals surface area contributed by atoms with Crippen molar-refractivity contribution in [1.29, 1.82) is 0 Å². The highest BCUT2D eigenvalue weighted by Crippen LogP contribution is 2.27. The van der Waals surface area contributed by atoms with Gasteiger partial charge in [0.2, 0.25) is 0 Å². The van der Waals surface area contributed by atoms with Crippen LogP contribution in [-0.2, 0) is 18.9 Å². The van der Waals surface area contributed by atoms with Crippen molar-refractivity contribution >= 4 is 45.2 Å². The van der Waals surface area contributed by atoms with Gasteiger partial charge in [-0.25, -0.2) is 0 Å². The zero-order valence-corrected chi connectivity index (χ0v) is 11.8. The first-order valence-electron chi connectivity index (χ1n) is 4.45. The Balaban J connectivity index is 2.04. The molecule has 0 spiro atoms. The summed E-state index contributed by atoms with van der Waals surface area (Å²) < 4.78 is 23.9. The highest BCUT2D eigenvalue weighted by molar-refractivity contribution is 14.1. The van der Waals surface area contributed by atoms with Gasteiger partial charge in [-0.05, 0) is 0 Å². The highest BCUT2D eigenvalue weighted by Gasteiger charge is 2.43. The molecule has 2 saturated heterocycles. The number of halogens is 2. The molecule has 82 valence electrons. The van der Waals surface area contributed by atoms with Crippen molar-refractivity contribution in [2.75, 3.05) is 22.4 Å². The molecule has 0 saturated carbocycles. The van der Waals surface area contributed by atoms with Crippen molar-refractivity contribution in [3.63, 3.8) is 0 Å². The largest absolute Gasteiger partial charge is 0.349 e. The van der Waals surface area contributed by atoms with Crippen molar-refractivity contribution < 1.29 is 18.9 Å². The fourth-order valence-electron chi connectivity index (χ4n) is 1.69. The van der Waals surface area contributed by atoms with Crippen LogP contribution in [0.1, 0.15) is 0 Å². The molecule has 2 aliphatic heterocycles. The quantitative estimate of drug-likeness (QED) is 0.494. The van der Waals surface area contributed by atoms with E-state index in [0.717, 1.165) is 8.86 Å². The summed E-state index contributed by atoms with van der Waals surface area (Å²) in [6.07, 6.45) is 0.357. The maximum Gasteiger partial charge on any atom is 0.147 e. The Hall–Kier alpha value is 1.30. The van der Waals surface area contributed by atoms with Gasteiger partial charge in [0.15, 0.2) is 0 Å². The van der Waals surface area contributed by atoms with Gasteiger partial charge in [-0.3, -0.25) is 0 Å². The van der Waals surface area contributed by atoms with Crippen LogP contribution >= 0.6 is 45.2 Å². The van der Waals surface area contributed by atoms with Gasteiger partial charge < -0.3 is 18.9 Å². The predicted octanol–water partition coefficient (Wildman–Crippen LogP) is 1.34. The van der Waals surface area contributed by atoms with Gasteiger partial charge in [-0.2, -0.15) is 0 Å². The zero-order valence-electron chi connectivity index (χ0n) is 7.53. The molecule has 6 heteroatoms. The minimum Gasteiger partial charge on any atom is -0.349 e. The fourth-order valence-corrected chi connectivity index (χ4v) is 3.20. The molecule has 0 unspecified atom stereocenters. The minimum atomic E-state index is 0.0363. The first-order chi connectivity index (χ1) is 6.86. The molecule has 2 rings (SSSR count). The molecule has 2 heterocycles. The van der Waals surface area contributed by atoms with Crippen LogP contribution in [0.5, 0.6) is 0 Å². The summed E-state index contributed by atoms with van der Waals surface area (Å²) in [6, 6.07) is 0. The van der Waals surface area contributed by atoms with E-state index in [1.54, 1.807) is 0 Å². The highest BCUT2D eigenvalue weighted by atomic mass is 127. The number of fused-ring (bicyclic) bond motifs is 1.